The van der Waals surface area contributed by atoms with E-state index in [0.717, 1.165) is 3.57 Å². The molecule has 4 aromatic rings. The Hall–Kier alpha value is -3.80. The topological polar surface area (TPSA) is 116 Å². The molecule has 0 spiro atoms. The number of nitrogens with one attached hydrogen (secondary N) is 1. The lowest BCUT2D eigenvalue weighted by Gasteiger charge is -2.13. The van der Waals surface area contributed by atoms with E-state index < -0.39 is 10.9 Å². The van der Waals surface area contributed by atoms with Crippen LogP contribution in [0.5, 0.6) is 11.5 Å². The minimum atomic E-state index is -0.659. The maximum absolute atomic E-state index is 12.2. The van der Waals surface area contributed by atoms with Crippen LogP contribution in [-0.4, -0.2) is 27.5 Å². The van der Waals surface area contributed by atoms with Crippen molar-refractivity contribution in [3.63, 3.8) is 0 Å². The summed E-state index contributed by atoms with van der Waals surface area (Å²) in [5.41, 5.74) is 0.729. The smallest absolute Gasteiger partial charge is 0.376 e. The number of carbonyl (C=O) groups excluding carboxylic acids is 1. The molecule has 1 aromatic heterocycles. The molecule has 9 nitrogen and oxygen atoms in total. The number of anilines is 2. The minimum Gasteiger partial charge on any atom is -0.460 e. The van der Waals surface area contributed by atoms with Crippen LogP contribution in [0.15, 0.2) is 66.7 Å². The molecule has 33 heavy (non-hydrogen) atoms. The Morgan fingerprint density at radius 1 is 1.09 bits per heavy atom. The largest absolute Gasteiger partial charge is 0.460 e. The first-order valence-corrected chi connectivity index (χ1v) is 10.9. The van der Waals surface area contributed by atoms with Gasteiger partial charge in [-0.15, -0.1) is 0 Å². The highest BCUT2D eigenvalue weighted by atomic mass is 127. The zero-order valence-corrected chi connectivity index (χ0v) is 19.5. The minimum absolute atomic E-state index is 0.112. The maximum Gasteiger partial charge on any atom is 0.376 e. The number of hydrogen-bond donors (Lipinski definition) is 1. The molecule has 0 bridgehead atoms. The third kappa shape index (κ3) is 5.17. The molecule has 0 radical (unpaired) electrons. The van der Waals surface area contributed by atoms with Crippen molar-refractivity contribution in [2.45, 2.75) is 6.92 Å². The third-order valence-electron chi connectivity index (χ3n) is 4.49. The van der Waals surface area contributed by atoms with Gasteiger partial charge in [0.1, 0.15) is 17.3 Å². The van der Waals surface area contributed by atoms with Crippen molar-refractivity contribution >= 4 is 56.7 Å². The molecule has 1 N–H and O–H groups in total. The lowest BCUT2D eigenvalue weighted by atomic mass is 10.2. The highest BCUT2D eigenvalue weighted by molar-refractivity contribution is 14.1. The van der Waals surface area contributed by atoms with E-state index in [9.17, 15) is 14.9 Å². The molecule has 1 heterocycles. The average molecular weight is 556 g/mol. The molecule has 4 rings (SSSR count). The first kappa shape index (κ1) is 22.4. The summed E-state index contributed by atoms with van der Waals surface area (Å²) < 4.78 is 11.8. The van der Waals surface area contributed by atoms with E-state index in [1.807, 2.05) is 18.2 Å². The molecular formula is C23H17IN4O5. The van der Waals surface area contributed by atoms with Crippen LogP contribution < -0.4 is 10.1 Å². The van der Waals surface area contributed by atoms with Crippen LogP contribution >= 0.6 is 22.6 Å². The van der Waals surface area contributed by atoms with Crippen molar-refractivity contribution in [2.75, 3.05) is 11.9 Å². The summed E-state index contributed by atoms with van der Waals surface area (Å²) in [6.45, 7) is 1.87. The average Bonchev–Trinajstić information content (AvgIpc) is 2.80. The van der Waals surface area contributed by atoms with Crippen LogP contribution in [0.2, 0.25) is 0 Å². The number of benzene rings is 3. The van der Waals surface area contributed by atoms with Gasteiger partial charge in [-0.1, -0.05) is 24.3 Å². The van der Waals surface area contributed by atoms with Gasteiger partial charge in [0.2, 0.25) is 5.82 Å². The van der Waals surface area contributed by atoms with E-state index in [1.165, 1.54) is 12.1 Å². The van der Waals surface area contributed by atoms with Crippen molar-refractivity contribution in [3.05, 3.63) is 86.2 Å². The van der Waals surface area contributed by atoms with Gasteiger partial charge in [0.05, 0.1) is 32.4 Å². The van der Waals surface area contributed by atoms with E-state index >= 15 is 0 Å². The van der Waals surface area contributed by atoms with Crippen LogP contribution in [0, 0.1) is 13.7 Å². The Balaban J connectivity index is 1.76. The van der Waals surface area contributed by atoms with E-state index in [0.29, 0.717) is 28.2 Å². The van der Waals surface area contributed by atoms with Crippen molar-refractivity contribution in [2.24, 2.45) is 0 Å². The number of rotatable bonds is 7. The number of nitro benzene ring substituents is 1. The number of non-ortho nitro benzene ring substituents is 1. The second-order valence-electron chi connectivity index (χ2n) is 6.76. The van der Waals surface area contributed by atoms with E-state index in [1.54, 1.807) is 43.3 Å². The summed E-state index contributed by atoms with van der Waals surface area (Å²) >= 11 is 2.13. The van der Waals surface area contributed by atoms with Gasteiger partial charge in [-0.2, -0.15) is 0 Å². The molecule has 10 heteroatoms. The van der Waals surface area contributed by atoms with Gasteiger partial charge in [-0.25, -0.2) is 14.8 Å². The van der Waals surface area contributed by atoms with Crippen molar-refractivity contribution in [1.82, 2.24) is 9.97 Å². The Morgan fingerprint density at radius 3 is 2.61 bits per heavy atom. The van der Waals surface area contributed by atoms with Gasteiger partial charge < -0.3 is 14.8 Å². The first-order chi connectivity index (χ1) is 15.9. The van der Waals surface area contributed by atoms with Gasteiger partial charge >= 0.3 is 5.97 Å². The SMILES string of the molecule is CCOC(=O)c1nc(Nc2cc(Oc3ccccc3I)cc([N+](=O)[O-])c2)c2ccccc2n1. The lowest BCUT2D eigenvalue weighted by molar-refractivity contribution is -0.384. The van der Waals surface area contributed by atoms with E-state index in [4.69, 9.17) is 9.47 Å². The van der Waals surface area contributed by atoms with Gasteiger partial charge in [0, 0.05) is 17.5 Å². The summed E-state index contributed by atoms with van der Waals surface area (Å²) in [6, 6.07) is 18.8. The zero-order chi connectivity index (χ0) is 23.4. The van der Waals surface area contributed by atoms with Crippen LogP contribution in [-0.2, 0) is 4.74 Å². The molecule has 0 aliphatic heterocycles. The molecule has 0 aliphatic carbocycles. The highest BCUT2D eigenvalue weighted by Crippen LogP contribution is 2.33. The first-order valence-electron chi connectivity index (χ1n) is 9.87. The van der Waals surface area contributed by atoms with Crippen molar-refractivity contribution < 1.29 is 19.2 Å². The van der Waals surface area contributed by atoms with E-state index in [2.05, 4.69) is 37.9 Å². The Morgan fingerprint density at radius 2 is 1.85 bits per heavy atom. The van der Waals surface area contributed by atoms with Crippen molar-refractivity contribution in [3.8, 4) is 11.5 Å². The fourth-order valence-electron chi connectivity index (χ4n) is 3.07. The number of nitro groups is 1. The summed E-state index contributed by atoms with van der Waals surface area (Å²) in [6.07, 6.45) is 0. The summed E-state index contributed by atoms with van der Waals surface area (Å²) in [5, 5.41) is 15.3. The predicted octanol–water partition coefficient (Wildman–Crippen LogP) is 5.86. The van der Waals surface area contributed by atoms with Crippen LogP contribution in [0.4, 0.5) is 17.2 Å². The second-order valence-corrected chi connectivity index (χ2v) is 7.93. The van der Waals surface area contributed by atoms with Gasteiger partial charge in [-0.05, 0) is 53.8 Å². The molecule has 0 atom stereocenters. The van der Waals surface area contributed by atoms with Gasteiger partial charge in [0.25, 0.3) is 5.69 Å². The van der Waals surface area contributed by atoms with E-state index in [-0.39, 0.29) is 23.9 Å². The maximum atomic E-state index is 12.2. The third-order valence-corrected chi connectivity index (χ3v) is 5.38. The molecule has 0 saturated carbocycles. The number of carbonyl (C=O) groups is 1. The highest BCUT2D eigenvalue weighted by Gasteiger charge is 2.17. The number of fused-ring (bicyclic) bond motifs is 1. The Labute approximate surface area is 202 Å². The number of hydrogen-bond acceptors (Lipinski definition) is 8. The number of halogens is 1. The Kier molecular flexibility index (Phi) is 6.63. The van der Waals surface area contributed by atoms with Crippen LogP contribution in [0.3, 0.4) is 0 Å². The number of ether oxygens (including phenoxy) is 2. The molecule has 0 amide bonds. The number of aromatic nitrogens is 2. The van der Waals surface area contributed by atoms with Crippen molar-refractivity contribution in [1.29, 1.82) is 0 Å². The van der Waals surface area contributed by atoms with Gasteiger partial charge in [0.15, 0.2) is 0 Å². The van der Waals surface area contributed by atoms with Crippen LogP contribution in [0.1, 0.15) is 17.5 Å². The Bertz CT molecular complexity index is 1360. The summed E-state index contributed by atoms with van der Waals surface area (Å²) in [5.74, 6) is 0.387. The fourth-order valence-corrected chi connectivity index (χ4v) is 3.57. The normalized spacial score (nSPS) is 10.6. The molecule has 0 unspecified atom stereocenters. The standard InChI is InChI=1S/C23H17IN4O5/c1-2-32-23(29)22-26-19-9-5-3-7-17(19)21(27-22)25-14-11-15(28(30)31)13-16(12-14)33-20-10-6-4-8-18(20)24/h3-13H,2H2,1H3,(H,25,26,27). The number of para-hydroxylation sites is 2. The molecule has 3 aromatic carbocycles. The molecular weight excluding hydrogens is 539 g/mol. The predicted molar refractivity (Wildman–Crippen MR) is 131 cm³/mol. The molecule has 166 valence electrons. The second kappa shape index (κ2) is 9.77. The number of esters is 1. The summed E-state index contributed by atoms with van der Waals surface area (Å²) in [7, 11) is 0. The van der Waals surface area contributed by atoms with Gasteiger partial charge in [-0.3, -0.25) is 10.1 Å². The van der Waals surface area contributed by atoms with Crippen LogP contribution in [0.25, 0.3) is 10.9 Å². The zero-order valence-electron chi connectivity index (χ0n) is 17.3. The lowest BCUT2D eigenvalue weighted by Crippen LogP contribution is -2.11. The molecule has 0 aliphatic rings. The monoisotopic (exact) mass is 556 g/mol. The fraction of sp³-hybridized carbons (Fsp3) is 0.0870. The quantitative estimate of drug-likeness (QED) is 0.130. The molecule has 0 saturated heterocycles. The summed E-state index contributed by atoms with van der Waals surface area (Å²) in [4.78, 5) is 31.8. The molecule has 0 fully saturated rings. The number of nitrogens with zero attached hydrogens (tertiary/aromatic N) is 3.